The van der Waals surface area contributed by atoms with E-state index in [1.54, 1.807) is 0 Å². The highest BCUT2D eigenvalue weighted by Crippen LogP contribution is 2.41. The Labute approximate surface area is 115 Å². The third kappa shape index (κ3) is 2.32. The van der Waals surface area contributed by atoms with Gasteiger partial charge in [-0.05, 0) is 48.9 Å². The van der Waals surface area contributed by atoms with E-state index < -0.39 is 0 Å². The first kappa shape index (κ1) is 12.5. The van der Waals surface area contributed by atoms with E-state index in [1.807, 2.05) is 7.05 Å². The number of benzene rings is 1. The highest BCUT2D eigenvalue weighted by atomic mass is 14.8. The van der Waals surface area contributed by atoms with Crippen LogP contribution in [0.25, 0.3) is 10.9 Å². The molecule has 1 unspecified atom stereocenters. The summed E-state index contributed by atoms with van der Waals surface area (Å²) in [5.41, 5.74) is 5.01. The fourth-order valence-electron chi connectivity index (χ4n) is 2.60. The van der Waals surface area contributed by atoms with Crippen molar-refractivity contribution >= 4 is 16.6 Å². The molecule has 2 nitrogen and oxygen atoms in total. The quantitative estimate of drug-likeness (QED) is 0.857. The molecule has 3 rings (SSSR count). The van der Waals surface area contributed by atoms with Crippen LogP contribution < -0.4 is 5.32 Å². The Morgan fingerprint density at radius 2 is 2.11 bits per heavy atom. The number of anilines is 1. The van der Waals surface area contributed by atoms with Gasteiger partial charge in [-0.2, -0.15) is 0 Å². The summed E-state index contributed by atoms with van der Waals surface area (Å²) in [4.78, 5) is 4.83. The third-order valence-electron chi connectivity index (χ3n) is 4.30. The number of hydrogen-bond donors (Lipinski definition) is 1. The van der Waals surface area contributed by atoms with E-state index in [9.17, 15) is 0 Å². The highest BCUT2D eigenvalue weighted by Gasteiger charge is 2.25. The average molecular weight is 254 g/mol. The Balaban J connectivity index is 2.13. The van der Waals surface area contributed by atoms with Crippen LogP contribution in [0.1, 0.15) is 56.2 Å². The maximum Gasteiger partial charge on any atom is 0.0726 e. The van der Waals surface area contributed by atoms with Crippen molar-refractivity contribution in [2.45, 2.75) is 44.9 Å². The zero-order chi connectivity index (χ0) is 13.4. The standard InChI is InChI=1S/C17H22N2/c1-4-11(2)13-7-8-15-14(9-13)17(18-3)10-16(19-15)12-5-6-12/h7-12H,4-6H2,1-3H3,(H,18,19). The summed E-state index contributed by atoms with van der Waals surface area (Å²) in [5.74, 6) is 1.31. The maximum absolute atomic E-state index is 4.83. The van der Waals surface area contributed by atoms with Crippen LogP contribution in [-0.4, -0.2) is 12.0 Å². The zero-order valence-corrected chi connectivity index (χ0v) is 12.0. The monoisotopic (exact) mass is 254 g/mol. The molecule has 1 aliphatic rings. The minimum absolute atomic E-state index is 0.609. The summed E-state index contributed by atoms with van der Waals surface area (Å²) in [6, 6.07) is 8.96. The molecule has 1 aliphatic carbocycles. The van der Waals surface area contributed by atoms with Crippen LogP contribution in [0, 0.1) is 0 Å². The molecule has 2 aromatic rings. The first-order chi connectivity index (χ1) is 9.22. The summed E-state index contributed by atoms with van der Waals surface area (Å²) in [6.45, 7) is 4.52. The van der Waals surface area contributed by atoms with Crippen molar-refractivity contribution < 1.29 is 0 Å². The van der Waals surface area contributed by atoms with Gasteiger partial charge >= 0.3 is 0 Å². The number of nitrogens with one attached hydrogen (secondary N) is 1. The van der Waals surface area contributed by atoms with Gasteiger partial charge in [-0.15, -0.1) is 0 Å². The number of aromatic nitrogens is 1. The van der Waals surface area contributed by atoms with Crippen molar-refractivity contribution in [3.63, 3.8) is 0 Å². The molecule has 0 radical (unpaired) electrons. The van der Waals surface area contributed by atoms with Crippen molar-refractivity contribution in [1.29, 1.82) is 0 Å². The Morgan fingerprint density at radius 1 is 1.32 bits per heavy atom. The number of hydrogen-bond acceptors (Lipinski definition) is 2. The Kier molecular flexibility index (Phi) is 3.17. The Morgan fingerprint density at radius 3 is 2.74 bits per heavy atom. The Bertz CT molecular complexity index is 599. The van der Waals surface area contributed by atoms with Crippen LogP contribution in [-0.2, 0) is 0 Å². The smallest absolute Gasteiger partial charge is 0.0726 e. The number of pyridine rings is 1. The van der Waals surface area contributed by atoms with Gasteiger partial charge in [0.25, 0.3) is 0 Å². The van der Waals surface area contributed by atoms with Gasteiger partial charge in [-0.1, -0.05) is 19.9 Å². The van der Waals surface area contributed by atoms with Crippen LogP contribution in [0.15, 0.2) is 24.3 Å². The predicted octanol–water partition coefficient (Wildman–Crippen LogP) is 4.67. The lowest BCUT2D eigenvalue weighted by atomic mass is 9.96. The van der Waals surface area contributed by atoms with Crippen LogP contribution >= 0.6 is 0 Å². The van der Waals surface area contributed by atoms with E-state index >= 15 is 0 Å². The largest absolute Gasteiger partial charge is 0.388 e. The molecule has 1 aromatic carbocycles. The molecule has 1 N–H and O–H groups in total. The number of nitrogens with zero attached hydrogens (tertiary/aromatic N) is 1. The summed E-state index contributed by atoms with van der Waals surface area (Å²) in [6.07, 6.45) is 3.77. The second kappa shape index (κ2) is 4.84. The second-order valence-corrected chi connectivity index (χ2v) is 5.70. The summed E-state index contributed by atoms with van der Waals surface area (Å²) < 4.78 is 0. The molecule has 1 fully saturated rings. The van der Waals surface area contributed by atoms with Gasteiger partial charge in [0.05, 0.1) is 5.52 Å². The molecule has 19 heavy (non-hydrogen) atoms. The van der Waals surface area contributed by atoms with Crippen LogP contribution in [0.3, 0.4) is 0 Å². The lowest BCUT2D eigenvalue weighted by molar-refractivity contribution is 0.734. The Hall–Kier alpha value is -1.57. The van der Waals surface area contributed by atoms with Gasteiger partial charge in [0.1, 0.15) is 0 Å². The molecular weight excluding hydrogens is 232 g/mol. The molecule has 1 aromatic heterocycles. The number of fused-ring (bicyclic) bond motifs is 1. The summed E-state index contributed by atoms with van der Waals surface area (Å²) >= 11 is 0. The van der Waals surface area contributed by atoms with Crippen molar-refractivity contribution in [2.75, 3.05) is 12.4 Å². The van der Waals surface area contributed by atoms with Crippen molar-refractivity contribution in [1.82, 2.24) is 4.98 Å². The van der Waals surface area contributed by atoms with E-state index in [2.05, 4.69) is 43.4 Å². The van der Waals surface area contributed by atoms with E-state index in [0.717, 1.165) is 5.52 Å². The van der Waals surface area contributed by atoms with Crippen LogP contribution in [0.2, 0.25) is 0 Å². The fraction of sp³-hybridized carbons (Fsp3) is 0.471. The van der Waals surface area contributed by atoms with Crippen molar-refractivity contribution in [3.8, 4) is 0 Å². The summed E-state index contributed by atoms with van der Waals surface area (Å²) in [7, 11) is 2.00. The van der Waals surface area contributed by atoms with E-state index in [0.29, 0.717) is 11.8 Å². The maximum atomic E-state index is 4.83. The normalized spacial score (nSPS) is 16.6. The van der Waals surface area contributed by atoms with E-state index in [4.69, 9.17) is 4.98 Å². The molecule has 100 valence electrons. The lowest BCUT2D eigenvalue weighted by Gasteiger charge is -2.13. The third-order valence-corrected chi connectivity index (χ3v) is 4.30. The van der Waals surface area contributed by atoms with Gasteiger partial charge in [0.15, 0.2) is 0 Å². The average Bonchev–Trinajstić information content (AvgIpc) is 3.29. The molecule has 0 aliphatic heterocycles. The first-order valence-electron chi connectivity index (χ1n) is 7.35. The molecule has 1 heterocycles. The molecule has 0 spiro atoms. The van der Waals surface area contributed by atoms with Gasteiger partial charge < -0.3 is 5.32 Å². The van der Waals surface area contributed by atoms with Crippen molar-refractivity contribution in [2.24, 2.45) is 0 Å². The fourth-order valence-corrected chi connectivity index (χ4v) is 2.60. The predicted molar refractivity (Wildman–Crippen MR) is 82.0 cm³/mol. The second-order valence-electron chi connectivity index (χ2n) is 5.70. The molecule has 1 saturated carbocycles. The van der Waals surface area contributed by atoms with Gasteiger partial charge in [0.2, 0.25) is 0 Å². The zero-order valence-electron chi connectivity index (χ0n) is 12.0. The minimum atomic E-state index is 0.609. The van der Waals surface area contributed by atoms with E-state index in [-0.39, 0.29) is 0 Å². The van der Waals surface area contributed by atoms with E-state index in [1.165, 1.54) is 41.6 Å². The van der Waals surface area contributed by atoms with Gasteiger partial charge in [0, 0.05) is 29.7 Å². The molecule has 0 amide bonds. The molecule has 2 heteroatoms. The minimum Gasteiger partial charge on any atom is -0.388 e. The molecule has 0 saturated heterocycles. The topological polar surface area (TPSA) is 24.9 Å². The van der Waals surface area contributed by atoms with Gasteiger partial charge in [-0.25, -0.2) is 0 Å². The highest BCUT2D eigenvalue weighted by molar-refractivity contribution is 5.92. The lowest BCUT2D eigenvalue weighted by Crippen LogP contribution is -1.98. The van der Waals surface area contributed by atoms with Crippen LogP contribution in [0.5, 0.6) is 0 Å². The molecule has 0 bridgehead atoms. The SMILES string of the molecule is CCC(C)c1ccc2nc(C3CC3)cc(NC)c2c1. The van der Waals surface area contributed by atoms with Crippen LogP contribution in [0.4, 0.5) is 5.69 Å². The van der Waals surface area contributed by atoms with Gasteiger partial charge in [-0.3, -0.25) is 4.98 Å². The van der Waals surface area contributed by atoms with Crippen molar-refractivity contribution in [3.05, 3.63) is 35.5 Å². The summed E-state index contributed by atoms with van der Waals surface area (Å²) in [5, 5.41) is 4.59. The number of rotatable bonds is 4. The first-order valence-corrected chi connectivity index (χ1v) is 7.35. The molecular formula is C17H22N2. The molecule has 1 atom stereocenters.